The van der Waals surface area contributed by atoms with Crippen LogP contribution < -0.4 is 9.44 Å². The highest BCUT2D eigenvalue weighted by atomic mass is 32.2. The van der Waals surface area contributed by atoms with Gasteiger partial charge < -0.3 is 0 Å². The van der Waals surface area contributed by atoms with E-state index in [4.69, 9.17) is 0 Å². The Labute approximate surface area is 184 Å². The summed E-state index contributed by atoms with van der Waals surface area (Å²) < 4.78 is 55.8. The fraction of sp³-hybridized carbons (Fsp3) is 0.409. The maximum Gasteiger partial charge on any atom is 0.262 e. The van der Waals surface area contributed by atoms with Crippen LogP contribution in [0.5, 0.6) is 0 Å². The Balaban J connectivity index is 1.49. The van der Waals surface area contributed by atoms with E-state index < -0.39 is 20.0 Å². The van der Waals surface area contributed by atoms with Crippen molar-refractivity contribution in [3.63, 3.8) is 0 Å². The molecule has 166 valence electrons. The second kappa shape index (κ2) is 9.00. The molecule has 9 heteroatoms. The fourth-order valence-electron chi connectivity index (χ4n) is 4.13. The Bertz CT molecular complexity index is 1170. The van der Waals surface area contributed by atoms with E-state index in [1.165, 1.54) is 49.1 Å². The first-order valence-corrected chi connectivity index (χ1v) is 13.6. The molecular weight excluding hydrogens is 434 g/mol. The van der Waals surface area contributed by atoms with E-state index in [2.05, 4.69) is 14.4 Å². The summed E-state index contributed by atoms with van der Waals surface area (Å²) in [6, 6.07) is 12.8. The zero-order chi connectivity index (χ0) is 21.9. The molecular formula is C22H27N3O4S2. The van der Waals surface area contributed by atoms with E-state index in [9.17, 15) is 16.8 Å². The number of anilines is 1. The van der Waals surface area contributed by atoms with Gasteiger partial charge >= 0.3 is 0 Å². The topological polar surface area (TPSA) is 105 Å². The number of rotatable bonds is 6. The largest absolute Gasteiger partial charge is 0.280 e. The van der Waals surface area contributed by atoms with E-state index >= 15 is 0 Å². The quantitative estimate of drug-likeness (QED) is 0.678. The fourth-order valence-corrected chi connectivity index (χ4v) is 6.32. The number of amidine groups is 1. The van der Waals surface area contributed by atoms with E-state index in [-0.39, 0.29) is 15.5 Å². The minimum absolute atomic E-state index is 0.0186. The van der Waals surface area contributed by atoms with Crippen LogP contribution in [0.2, 0.25) is 0 Å². The summed E-state index contributed by atoms with van der Waals surface area (Å²) in [7, 11) is -7.65. The van der Waals surface area contributed by atoms with Gasteiger partial charge in [0.1, 0.15) is 5.84 Å². The van der Waals surface area contributed by atoms with Crippen LogP contribution in [-0.4, -0.2) is 29.2 Å². The Morgan fingerprint density at radius 2 is 1.48 bits per heavy atom. The summed E-state index contributed by atoms with van der Waals surface area (Å²) in [6.07, 6.45) is 7.39. The molecule has 1 aliphatic heterocycles. The summed E-state index contributed by atoms with van der Waals surface area (Å²) in [5, 5.41) is 0. The number of hydrogen-bond donors (Lipinski definition) is 2. The molecule has 2 aliphatic rings. The van der Waals surface area contributed by atoms with Gasteiger partial charge in [-0.2, -0.15) is 0 Å². The van der Waals surface area contributed by atoms with Crippen molar-refractivity contribution in [1.82, 2.24) is 4.72 Å². The van der Waals surface area contributed by atoms with Gasteiger partial charge in [0.05, 0.1) is 15.5 Å². The van der Waals surface area contributed by atoms with Gasteiger partial charge in [0.15, 0.2) is 0 Å². The first kappa shape index (κ1) is 21.8. The number of nitrogens with zero attached hydrogens (tertiary/aromatic N) is 1. The van der Waals surface area contributed by atoms with Crippen LogP contribution in [0.25, 0.3) is 0 Å². The molecule has 0 unspecified atom stereocenters. The standard InChI is InChI=1S/C22H27N3O4S2/c26-30(27,20-13-11-18(12-14-20)17-6-2-1-3-7-17)24-19-8-4-9-21(16-19)31(28,29)25-22-10-5-15-23-22/h4,8-9,11-14,16-17,24H,1-3,5-7,10,15H2,(H,23,25). The van der Waals surface area contributed by atoms with Crippen molar-refractivity contribution in [2.75, 3.05) is 11.3 Å². The average molecular weight is 462 g/mol. The molecule has 1 heterocycles. The third-order valence-corrected chi connectivity index (χ3v) is 8.57. The molecule has 0 amide bonds. The van der Waals surface area contributed by atoms with Gasteiger partial charge in [-0.15, -0.1) is 0 Å². The number of hydrogen-bond acceptors (Lipinski definition) is 5. The molecule has 0 bridgehead atoms. The van der Waals surface area contributed by atoms with E-state index in [1.807, 2.05) is 12.1 Å². The van der Waals surface area contributed by atoms with Crippen molar-refractivity contribution in [3.8, 4) is 0 Å². The highest BCUT2D eigenvalue weighted by Crippen LogP contribution is 2.33. The van der Waals surface area contributed by atoms with E-state index in [0.717, 1.165) is 19.3 Å². The normalized spacial score (nSPS) is 17.9. The molecule has 2 N–H and O–H groups in total. The van der Waals surface area contributed by atoms with Gasteiger partial charge in [0, 0.05) is 13.0 Å². The monoisotopic (exact) mass is 461 g/mol. The molecule has 1 fully saturated rings. The van der Waals surface area contributed by atoms with Crippen molar-refractivity contribution in [2.45, 2.75) is 60.7 Å². The molecule has 7 nitrogen and oxygen atoms in total. The van der Waals surface area contributed by atoms with Crippen LogP contribution in [0.4, 0.5) is 5.69 Å². The highest BCUT2D eigenvalue weighted by molar-refractivity contribution is 7.92. The molecule has 0 radical (unpaired) electrons. The predicted octanol–water partition coefficient (Wildman–Crippen LogP) is 4.01. The van der Waals surface area contributed by atoms with E-state index in [0.29, 0.717) is 24.7 Å². The molecule has 0 saturated heterocycles. The minimum Gasteiger partial charge on any atom is -0.280 e. The van der Waals surface area contributed by atoms with Gasteiger partial charge in [-0.05, 0) is 61.1 Å². The van der Waals surface area contributed by atoms with E-state index in [1.54, 1.807) is 12.1 Å². The summed E-state index contributed by atoms with van der Waals surface area (Å²) >= 11 is 0. The molecule has 0 spiro atoms. The molecule has 0 aromatic heterocycles. The molecule has 2 aromatic carbocycles. The summed E-state index contributed by atoms with van der Waals surface area (Å²) in [5.74, 6) is 0.932. The zero-order valence-corrected chi connectivity index (χ0v) is 18.9. The lowest BCUT2D eigenvalue weighted by Crippen LogP contribution is -2.29. The number of aliphatic imine (C=N–C) groups is 1. The van der Waals surface area contributed by atoms with Crippen molar-refractivity contribution in [2.24, 2.45) is 4.99 Å². The van der Waals surface area contributed by atoms with Gasteiger partial charge in [-0.25, -0.2) is 16.8 Å². The number of sulfonamides is 2. The minimum atomic E-state index is -3.83. The Kier molecular flexibility index (Phi) is 6.34. The maximum atomic E-state index is 12.8. The first-order valence-electron chi connectivity index (χ1n) is 10.6. The zero-order valence-electron chi connectivity index (χ0n) is 17.2. The van der Waals surface area contributed by atoms with Crippen molar-refractivity contribution in [1.29, 1.82) is 0 Å². The van der Waals surface area contributed by atoms with Crippen LogP contribution in [0.1, 0.15) is 56.4 Å². The lowest BCUT2D eigenvalue weighted by atomic mass is 9.84. The molecule has 4 rings (SSSR count). The van der Waals surface area contributed by atoms with Crippen LogP contribution in [0.3, 0.4) is 0 Å². The van der Waals surface area contributed by atoms with Crippen molar-refractivity contribution < 1.29 is 16.8 Å². The lowest BCUT2D eigenvalue weighted by Gasteiger charge is -2.22. The lowest BCUT2D eigenvalue weighted by molar-refractivity contribution is 0.443. The Morgan fingerprint density at radius 1 is 0.774 bits per heavy atom. The van der Waals surface area contributed by atoms with Crippen LogP contribution in [-0.2, 0) is 20.0 Å². The third kappa shape index (κ3) is 5.27. The molecule has 0 atom stereocenters. The summed E-state index contributed by atoms with van der Waals surface area (Å²) in [6.45, 7) is 0.608. The van der Waals surface area contributed by atoms with Crippen molar-refractivity contribution in [3.05, 3.63) is 54.1 Å². The predicted molar refractivity (Wildman–Crippen MR) is 121 cm³/mol. The van der Waals surface area contributed by atoms with Crippen LogP contribution >= 0.6 is 0 Å². The van der Waals surface area contributed by atoms with Crippen molar-refractivity contribution >= 4 is 31.6 Å². The number of benzene rings is 2. The first-order chi connectivity index (χ1) is 14.8. The third-order valence-electron chi connectivity index (χ3n) is 5.79. The Morgan fingerprint density at radius 3 is 2.16 bits per heavy atom. The molecule has 1 aliphatic carbocycles. The molecule has 2 aromatic rings. The van der Waals surface area contributed by atoms with Gasteiger partial charge in [-0.1, -0.05) is 37.5 Å². The van der Waals surface area contributed by atoms with Gasteiger partial charge in [0.25, 0.3) is 20.0 Å². The molecule has 1 saturated carbocycles. The van der Waals surface area contributed by atoms with Crippen LogP contribution in [0, 0.1) is 0 Å². The average Bonchev–Trinajstić information content (AvgIpc) is 3.27. The van der Waals surface area contributed by atoms with Crippen LogP contribution in [0.15, 0.2) is 63.3 Å². The molecule has 31 heavy (non-hydrogen) atoms. The SMILES string of the molecule is O=S(=O)(NC1=NCCC1)c1cccc(NS(=O)(=O)c2ccc(C3CCCCC3)cc2)c1. The summed E-state index contributed by atoms with van der Waals surface area (Å²) in [4.78, 5) is 4.26. The van der Waals surface area contributed by atoms with Gasteiger partial charge in [0.2, 0.25) is 0 Å². The second-order valence-electron chi connectivity index (χ2n) is 8.07. The second-order valence-corrected chi connectivity index (χ2v) is 11.4. The van der Waals surface area contributed by atoms with Gasteiger partial charge in [-0.3, -0.25) is 14.4 Å². The smallest absolute Gasteiger partial charge is 0.262 e. The number of nitrogens with one attached hydrogen (secondary N) is 2. The Hall–Kier alpha value is -2.39. The maximum absolute atomic E-state index is 12.8. The summed E-state index contributed by atoms with van der Waals surface area (Å²) in [5.41, 5.74) is 1.36. The highest BCUT2D eigenvalue weighted by Gasteiger charge is 2.21.